The van der Waals surface area contributed by atoms with Gasteiger partial charge < -0.3 is 9.84 Å². The average molecular weight is 236 g/mol. The topological polar surface area (TPSA) is 29.5 Å². The highest BCUT2D eigenvalue weighted by Gasteiger charge is 1.96. The molecule has 0 fully saturated rings. The number of hydrogen-bond acceptors (Lipinski definition) is 2. The molecule has 0 saturated heterocycles. The van der Waals surface area contributed by atoms with Gasteiger partial charge in [-0.1, -0.05) is 39.5 Å². The third kappa shape index (κ3) is 6.88. The maximum atomic E-state index is 9.11. The zero-order chi connectivity index (χ0) is 12.5. The normalized spacial score (nSPS) is 10.8. The maximum Gasteiger partial charge on any atom is 0.119 e. The first-order valence-electron chi connectivity index (χ1n) is 6.60. The Morgan fingerprint density at radius 1 is 1.00 bits per heavy atom. The summed E-state index contributed by atoms with van der Waals surface area (Å²) in [6, 6.07) is 6.90. The smallest absolute Gasteiger partial charge is 0.119 e. The lowest BCUT2D eigenvalue weighted by molar-refractivity contribution is 0.303. The molecule has 1 aromatic rings. The molecule has 2 heteroatoms. The van der Waals surface area contributed by atoms with Crippen molar-refractivity contribution < 1.29 is 9.84 Å². The molecule has 2 nitrogen and oxygen atoms in total. The van der Waals surface area contributed by atoms with E-state index < -0.39 is 0 Å². The SMILES string of the molecule is CC(C)CCCCCCOc1ccc(O)cc1. The number of aromatic hydroxyl groups is 1. The minimum absolute atomic E-state index is 0.283. The molecule has 0 saturated carbocycles. The Morgan fingerprint density at radius 2 is 1.65 bits per heavy atom. The van der Waals surface area contributed by atoms with Crippen molar-refractivity contribution in [3.05, 3.63) is 24.3 Å². The van der Waals surface area contributed by atoms with E-state index in [2.05, 4.69) is 13.8 Å². The minimum Gasteiger partial charge on any atom is -0.508 e. The van der Waals surface area contributed by atoms with Gasteiger partial charge in [-0.15, -0.1) is 0 Å². The van der Waals surface area contributed by atoms with Gasteiger partial charge in [0.2, 0.25) is 0 Å². The number of unbranched alkanes of at least 4 members (excludes halogenated alkanes) is 3. The van der Waals surface area contributed by atoms with Crippen LogP contribution in [-0.4, -0.2) is 11.7 Å². The van der Waals surface area contributed by atoms with Crippen LogP contribution < -0.4 is 4.74 Å². The van der Waals surface area contributed by atoms with E-state index in [0.717, 1.165) is 24.7 Å². The molecule has 0 radical (unpaired) electrons. The van der Waals surface area contributed by atoms with Crippen molar-refractivity contribution >= 4 is 0 Å². The molecule has 0 atom stereocenters. The molecule has 96 valence electrons. The van der Waals surface area contributed by atoms with E-state index in [-0.39, 0.29) is 5.75 Å². The standard InChI is InChI=1S/C15H24O2/c1-13(2)7-5-3-4-6-12-17-15-10-8-14(16)9-11-15/h8-11,13,16H,3-7,12H2,1-2H3. The van der Waals surface area contributed by atoms with Crippen molar-refractivity contribution in [1.29, 1.82) is 0 Å². The molecule has 0 bridgehead atoms. The molecule has 17 heavy (non-hydrogen) atoms. The Hall–Kier alpha value is -1.18. The van der Waals surface area contributed by atoms with Crippen LogP contribution in [0.3, 0.4) is 0 Å². The number of phenolic OH excluding ortho intramolecular Hbond substituents is 1. The van der Waals surface area contributed by atoms with Crippen LogP contribution in [0.1, 0.15) is 46.0 Å². The second-order valence-electron chi connectivity index (χ2n) is 4.94. The van der Waals surface area contributed by atoms with E-state index in [0.29, 0.717) is 0 Å². The first-order valence-corrected chi connectivity index (χ1v) is 6.60. The summed E-state index contributed by atoms with van der Waals surface area (Å²) in [7, 11) is 0. The van der Waals surface area contributed by atoms with Crippen molar-refractivity contribution in [3.63, 3.8) is 0 Å². The van der Waals surface area contributed by atoms with Crippen molar-refractivity contribution in [3.8, 4) is 11.5 Å². The molecule has 1 aromatic carbocycles. The van der Waals surface area contributed by atoms with E-state index in [9.17, 15) is 0 Å². The molecular weight excluding hydrogens is 212 g/mol. The largest absolute Gasteiger partial charge is 0.508 e. The lowest BCUT2D eigenvalue weighted by Crippen LogP contribution is -1.97. The molecule has 1 rings (SSSR count). The van der Waals surface area contributed by atoms with Gasteiger partial charge in [-0.25, -0.2) is 0 Å². The molecule has 0 aliphatic carbocycles. The van der Waals surface area contributed by atoms with E-state index in [1.54, 1.807) is 24.3 Å². The van der Waals surface area contributed by atoms with Crippen molar-refractivity contribution in [2.24, 2.45) is 5.92 Å². The summed E-state index contributed by atoms with van der Waals surface area (Å²) >= 11 is 0. The molecule has 0 heterocycles. The number of rotatable bonds is 8. The van der Waals surface area contributed by atoms with Crippen LogP contribution in [0.25, 0.3) is 0 Å². The molecule has 0 aliphatic heterocycles. The fourth-order valence-corrected chi connectivity index (χ4v) is 1.74. The molecule has 0 aromatic heterocycles. The number of ether oxygens (including phenoxy) is 1. The Balaban J connectivity index is 1.99. The predicted octanol–water partition coefficient (Wildman–Crippen LogP) is 4.38. The Bertz CT molecular complexity index is 290. The van der Waals surface area contributed by atoms with Gasteiger partial charge in [0.15, 0.2) is 0 Å². The zero-order valence-corrected chi connectivity index (χ0v) is 11.0. The van der Waals surface area contributed by atoms with E-state index in [4.69, 9.17) is 9.84 Å². The average Bonchev–Trinajstić information content (AvgIpc) is 2.30. The highest BCUT2D eigenvalue weighted by atomic mass is 16.5. The van der Waals surface area contributed by atoms with Crippen LogP contribution in [0.5, 0.6) is 11.5 Å². The van der Waals surface area contributed by atoms with Crippen LogP contribution in [-0.2, 0) is 0 Å². The molecular formula is C15H24O2. The highest BCUT2D eigenvalue weighted by molar-refractivity contribution is 5.29. The lowest BCUT2D eigenvalue weighted by Gasteiger charge is -2.06. The summed E-state index contributed by atoms with van der Waals surface area (Å²) in [5.41, 5.74) is 0. The molecule has 0 spiro atoms. The van der Waals surface area contributed by atoms with E-state index >= 15 is 0 Å². The van der Waals surface area contributed by atoms with Gasteiger partial charge in [-0.3, -0.25) is 0 Å². The van der Waals surface area contributed by atoms with Crippen molar-refractivity contribution in [2.45, 2.75) is 46.0 Å². The first-order chi connectivity index (χ1) is 8.18. The zero-order valence-electron chi connectivity index (χ0n) is 11.0. The third-order valence-electron chi connectivity index (χ3n) is 2.78. The van der Waals surface area contributed by atoms with Gasteiger partial charge in [0.05, 0.1) is 6.61 Å². The van der Waals surface area contributed by atoms with Gasteiger partial charge in [-0.05, 0) is 36.6 Å². The summed E-state index contributed by atoms with van der Waals surface area (Å²) in [6.07, 6.45) is 6.32. The third-order valence-corrected chi connectivity index (χ3v) is 2.78. The first kappa shape index (κ1) is 13.9. The van der Waals surface area contributed by atoms with Gasteiger partial charge in [0.25, 0.3) is 0 Å². The van der Waals surface area contributed by atoms with Gasteiger partial charge in [0.1, 0.15) is 11.5 Å². The van der Waals surface area contributed by atoms with Gasteiger partial charge in [0, 0.05) is 0 Å². The molecule has 1 N–H and O–H groups in total. The summed E-state index contributed by atoms with van der Waals surface area (Å²) in [6.45, 7) is 5.31. The molecule has 0 amide bonds. The second kappa shape index (κ2) is 7.99. The lowest BCUT2D eigenvalue weighted by atomic mass is 10.0. The Kier molecular flexibility index (Phi) is 6.53. The quantitative estimate of drug-likeness (QED) is 0.679. The van der Waals surface area contributed by atoms with Crippen LogP contribution in [0.2, 0.25) is 0 Å². The van der Waals surface area contributed by atoms with E-state index in [1.165, 1.54) is 25.7 Å². The number of benzene rings is 1. The van der Waals surface area contributed by atoms with Gasteiger partial charge in [-0.2, -0.15) is 0 Å². The predicted molar refractivity (Wildman–Crippen MR) is 71.5 cm³/mol. The van der Waals surface area contributed by atoms with Crippen LogP contribution in [0.15, 0.2) is 24.3 Å². The fourth-order valence-electron chi connectivity index (χ4n) is 1.74. The number of phenols is 1. The second-order valence-corrected chi connectivity index (χ2v) is 4.94. The van der Waals surface area contributed by atoms with Crippen molar-refractivity contribution in [1.82, 2.24) is 0 Å². The van der Waals surface area contributed by atoms with E-state index in [1.807, 2.05) is 0 Å². The Morgan fingerprint density at radius 3 is 2.29 bits per heavy atom. The fraction of sp³-hybridized carbons (Fsp3) is 0.600. The summed E-state index contributed by atoms with van der Waals surface area (Å²) in [4.78, 5) is 0. The van der Waals surface area contributed by atoms with Crippen LogP contribution in [0, 0.1) is 5.92 Å². The Labute approximate surface area is 105 Å². The molecule has 0 unspecified atom stereocenters. The minimum atomic E-state index is 0.283. The molecule has 0 aliphatic rings. The highest BCUT2D eigenvalue weighted by Crippen LogP contribution is 2.16. The summed E-state index contributed by atoms with van der Waals surface area (Å²) in [5.74, 6) is 1.94. The number of hydrogen-bond donors (Lipinski definition) is 1. The summed E-state index contributed by atoms with van der Waals surface area (Å²) in [5, 5.41) is 9.11. The van der Waals surface area contributed by atoms with Gasteiger partial charge >= 0.3 is 0 Å². The van der Waals surface area contributed by atoms with Crippen molar-refractivity contribution in [2.75, 3.05) is 6.61 Å². The summed E-state index contributed by atoms with van der Waals surface area (Å²) < 4.78 is 5.58. The maximum absolute atomic E-state index is 9.11. The van der Waals surface area contributed by atoms with Crippen LogP contribution >= 0.6 is 0 Å². The van der Waals surface area contributed by atoms with Crippen LogP contribution in [0.4, 0.5) is 0 Å². The monoisotopic (exact) mass is 236 g/mol.